The van der Waals surface area contributed by atoms with E-state index in [0.717, 1.165) is 0 Å². The Labute approximate surface area is 310 Å². The summed E-state index contributed by atoms with van der Waals surface area (Å²) in [5, 5.41) is 9.73. The Morgan fingerprint density at radius 2 is 0.764 bits per heavy atom. The first-order valence-electron chi connectivity index (χ1n) is 12.3. The summed E-state index contributed by atoms with van der Waals surface area (Å²) in [5.74, 6) is -83.4. The molecule has 0 aliphatic carbocycles. The summed E-state index contributed by atoms with van der Waals surface area (Å²) in [5.41, 5.74) is 0. The fourth-order valence-corrected chi connectivity index (χ4v) is 3.49. The molecule has 1 atom stereocenters. The predicted molar refractivity (Wildman–Crippen MR) is 111 cm³/mol. The second-order valence-corrected chi connectivity index (χ2v) is 10.7. The van der Waals surface area contributed by atoms with Crippen LogP contribution in [0.2, 0.25) is 0 Å². The largest absolute Gasteiger partial charge is 1.00 e. The molecule has 0 aromatic carbocycles. The summed E-state index contributed by atoms with van der Waals surface area (Å²) in [4.78, 5) is 23.6. The van der Waals surface area contributed by atoms with E-state index in [9.17, 15) is 129 Å². The minimum Gasteiger partial charge on any atom is -0.691 e. The number of alkyl halides is 26. The summed E-state index contributed by atoms with van der Waals surface area (Å²) in [6.07, 6.45) is -23.8. The number of hydrogen-bond acceptors (Lipinski definition) is 8. The molecule has 0 spiro atoms. The van der Waals surface area contributed by atoms with Crippen LogP contribution in [0.15, 0.2) is 0 Å². The second-order valence-electron chi connectivity index (χ2n) is 9.81. The molecule has 7 nitrogen and oxygen atoms in total. The molecule has 0 radical (unpaired) electrons. The van der Waals surface area contributed by atoms with Crippen molar-refractivity contribution in [3.63, 3.8) is 0 Å². The molecule has 0 fully saturated rings. The Morgan fingerprint density at radius 3 is 1.05 bits per heavy atom. The zero-order valence-corrected chi connectivity index (χ0v) is 28.0. The van der Waals surface area contributed by atoms with Crippen LogP contribution in [0.4, 0.5) is 114 Å². The minimum atomic E-state index is -8.31. The molecule has 0 bridgehead atoms. The van der Waals surface area contributed by atoms with Crippen LogP contribution in [0.3, 0.4) is 0 Å². The maximum Gasteiger partial charge on any atom is 1.00 e. The van der Waals surface area contributed by atoms with Crippen molar-refractivity contribution in [3.8, 4) is 0 Å². The van der Waals surface area contributed by atoms with Gasteiger partial charge in [0.2, 0.25) is 0 Å². The molecule has 0 aromatic heterocycles. The fourth-order valence-electron chi connectivity index (χ4n) is 3.01. The summed E-state index contributed by atoms with van der Waals surface area (Å²) in [7, 11) is 0. The van der Waals surface area contributed by atoms with E-state index in [1.807, 2.05) is 0 Å². The van der Waals surface area contributed by atoms with Crippen LogP contribution in [0.25, 0.3) is 0 Å². The molecular formula is C20H11F26NaO7S. The van der Waals surface area contributed by atoms with Gasteiger partial charge in [-0.1, -0.05) is 0 Å². The quantitative estimate of drug-likeness (QED) is 0.0423. The first kappa shape index (κ1) is 55.4. The van der Waals surface area contributed by atoms with Crippen molar-refractivity contribution in [2.45, 2.75) is 96.1 Å². The summed E-state index contributed by atoms with van der Waals surface area (Å²) in [6, 6.07) is 0. The maximum atomic E-state index is 13.8. The monoisotopic (exact) mass is 912 g/mol. The van der Waals surface area contributed by atoms with E-state index in [-0.39, 0.29) is 29.6 Å². The SMILES string of the molecule is O=C(CC(SOO[O-])C(=O)OCCC(F)(F)C(F)(F)C(F)(F)C(F)(F)C(F)(F)C(F)(F)F)OCCC(F)(F)C(F)(F)C(F)(F)C(F)(F)C(F)(F)C(F)(F)F.[Na+]. The smallest absolute Gasteiger partial charge is 0.691 e. The van der Waals surface area contributed by atoms with Crippen LogP contribution in [0.5, 0.6) is 0 Å². The Hall–Kier alpha value is -1.65. The Balaban J connectivity index is 0. The van der Waals surface area contributed by atoms with Gasteiger partial charge in [0, 0.05) is 12.0 Å². The van der Waals surface area contributed by atoms with Gasteiger partial charge >= 0.3 is 113 Å². The van der Waals surface area contributed by atoms with Gasteiger partial charge < -0.3 is 14.7 Å². The van der Waals surface area contributed by atoms with Crippen molar-refractivity contribution >= 4 is 24.0 Å². The standard InChI is InChI=1S/C20H12F26O7S.Na/c21-9(22,11(25,26)13(29,30)15(33,34)17(37,38)19(41,42)43)1-3-50-7(47)5-6(54-53-52-49)8(48)51-4-2-10(23,24)12(27,28)14(31,32)16(35,36)18(39,40)20(44,45)46;/h6,49H,1-5H2;/q;+1/p-1. The Kier molecular flexibility index (Phi) is 17.4. The van der Waals surface area contributed by atoms with Gasteiger partial charge in [-0.2, -0.15) is 118 Å². The van der Waals surface area contributed by atoms with Crippen molar-refractivity contribution in [2.24, 2.45) is 0 Å². The fraction of sp³-hybridized carbons (Fsp3) is 0.900. The number of rotatable bonds is 20. The molecule has 0 rings (SSSR count). The number of halogens is 26. The molecule has 55 heavy (non-hydrogen) atoms. The molecule has 0 saturated carbocycles. The normalized spacial score (nSPS) is 15.7. The number of esters is 2. The van der Waals surface area contributed by atoms with E-state index in [2.05, 4.69) is 18.8 Å². The molecule has 0 aliphatic heterocycles. The third-order valence-electron chi connectivity index (χ3n) is 6.13. The van der Waals surface area contributed by atoms with E-state index < -0.39 is 133 Å². The van der Waals surface area contributed by atoms with E-state index >= 15 is 0 Å². The molecule has 0 amide bonds. The van der Waals surface area contributed by atoms with E-state index in [4.69, 9.17) is 0 Å². The van der Waals surface area contributed by atoms with Crippen LogP contribution in [0, 0.1) is 0 Å². The van der Waals surface area contributed by atoms with E-state index in [1.165, 1.54) is 0 Å². The first-order chi connectivity index (χ1) is 23.4. The van der Waals surface area contributed by atoms with Crippen molar-refractivity contribution in [1.29, 1.82) is 0 Å². The third-order valence-corrected chi connectivity index (χ3v) is 6.86. The first-order valence-corrected chi connectivity index (χ1v) is 13.1. The average Bonchev–Trinajstić information content (AvgIpc) is 2.96. The summed E-state index contributed by atoms with van der Waals surface area (Å²) >= 11 is -0.881. The van der Waals surface area contributed by atoms with Crippen molar-refractivity contribution in [1.82, 2.24) is 0 Å². The predicted octanol–water partition coefficient (Wildman–Crippen LogP) is 4.97. The molecule has 0 heterocycles. The van der Waals surface area contributed by atoms with Gasteiger partial charge in [-0.15, -0.1) is 0 Å². The van der Waals surface area contributed by atoms with Crippen LogP contribution in [-0.4, -0.2) is 102 Å². The maximum absolute atomic E-state index is 13.8. The van der Waals surface area contributed by atoms with Crippen LogP contribution >= 0.6 is 12.0 Å². The number of ether oxygens (including phenoxy) is 2. The minimum absolute atomic E-state index is 0. The number of hydrogen-bond donors (Lipinski definition) is 0. The van der Waals surface area contributed by atoms with Crippen LogP contribution in [0.1, 0.15) is 19.3 Å². The van der Waals surface area contributed by atoms with Gasteiger partial charge in [0.05, 0.1) is 32.5 Å². The van der Waals surface area contributed by atoms with Crippen molar-refractivity contribution in [3.05, 3.63) is 0 Å². The number of carbonyl (C=O) groups excluding carboxylic acids is 2. The van der Waals surface area contributed by atoms with Gasteiger partial charge in [-0.05, 0) is 0 Å². The van der Waals surface area contributed by atoms with Gasteiger partial charge in [-0.3, -0.25) is 14.6 Å². The van der Waals surface area contributed by atoms with Gasteiger partial charge in [0.15, 0.2) is 0 Å². The third kappa shape index (κ3) is 10.1. The molecule has 0 N–H and O–H groups in total. The van der Waals surface area contributed by atoms with Crippen LogP contribution < -0.4 is 34.8 Å². The van der Waals surface area contributed by atoms with Gasteiger partial charge in [-0.25, -0.2) is 0 Å². The molecule has 35 heteroatoms. The zero-order chi connectivity index (χ0) is 43.8. The molecule has 0 aromatic rings. The topological polar surface area (TPSA) is 94.1 Å². The Bertz CT molecular complexity index is 1300. The van der Waals surface area contributed by atoms with Crippen molar-refractivity contribution < 1.29 is 177 Å². The van der Waals surface area contributed by atoms with Crippen LogP contribution in [-0.2, 0) is 28.4 Å². The van der Waals surface area contributed by atoms with E-state index in [1.54, 1.807) is 0 Å². The number of carbonyl (C=O) groups is 2. The Morgan fingerprint density at radius 1 is 0.473 bits per heavy atom. The van der Waals surface area contributed by atoms with E-state index in [0.29, 0.717) is 0 Å². The summed E-state index contributed by atoms with van der Waals surface area (Å²) in [6.45, 7) is -4.96. The second kappa shape index (κ2) is 17.3. The zero-order valence-electron chi connectivity index (χ0n) is 25.2. The molecule has 322 valence electrons. The molecule has 0 aliphatic rings. The summed E-state index contributed by atoms with van der Waals surface area (Å²) < 4.78 is 352. The van der Waals surface area contributed by atoms with Gasteiger partial charge in [0.1, 0.15) is 5.25 Å². The van der Waals surface area contributed by atoms with Gasteiger partial charge in [0.25, 0.3) is 0 Å². The molecular weight excluding hydrogens is 901 g/mol. The molecule has 1 unspecified atom stereocenters. The molecule has 0 saturated heterocycles. The average molecular weight is 912 g/mol. The van der Waals surface area contributed by atoms with Crippen molar-refractivity contribution in [2.75, 3.05) is 13.2 Å².